The minimum absolute atomic E-state index is 0.0903. The smallest absolute Gasteiger partial charge is 0.0766 e. The predicted octanol–water partition coefficient (Wildman–Crippen LogP) is 1.33. The molecule has 0 aliphatic carbocycles. The van der Waals surface area contributed by atoms with Crippen LogP contribution >= 0.6 is 0 Å². The molecule has 1 fully saturated rings. The van der Waals surface area contributed by atoms with Crippen molar-refractivity contribution in [3.8, 4) is 12.3 Å². The molecular formula is C12H22N2. The van der Waals surface area contributed by atoms with E-state index >= 15 is 0 Å². The van der Waals surface area contributed by atoms with E-state index in [0.29, 0.717) is 12.0 Å². The lowest BCUT2D eigenvalue weighted by Crippen LogP contribution is -2.54. The summed E-state index contributed by atoms with van der Waals surface area (Å²) in [5, 5.41) is 3.37. The van der Waals surface area contributed by atoms with Crippen molar-refractivity contribution in [3.63, 3.8) is 0 Å². The van der Waals surface area contributed by atoms with Crippen LogP contribution in [0.15, 0.2) is 0 Å². The Morgan fingerprint density at radius 1 is 1.50 bits per heavy atom. The van der Waals surface area contributed by atoms with Gasteiger partial charge in [-0.25, -0.2) is 0 Å². The highest BCUT2D eigenvalue weighted by molar-refractivity contribution is 5.09. The van der Waals surface area contributed by atoms with Gasteiger partial charge in [0, 0.05) is 19.1 Å². The van der Waals surface area contributed by atoms with Gasteiger partial charge in [0.25, 0.3) is 0 Å². The average Bonchev–Trinajstić information content (AvgIpc) is 2.17. The molecule has 1 N–H and O–H groups in total. The van der Waals surface area contributed by atoms with Gasteiger partial charge in [0.05, 0.1) is 5.54 Å². The van der Waals surface area contributed by atoms with Gasteiger partial charge in [0.2, 0.25) is 0 Å². The quantitative estimate of drug-likeness (QED) is 0.667. The number of nitrogens with one attached hydrogen (secondary N) is 1. The van der Waals surface area contributed by atoms with Gasteiger partial charge in [-0.05, 0) is 33.2 Å². The lowest BCUT2D eigenvalue weighted by molar-refractivity contribution is 0.0889. The van der Waals surface area contributed by atoms with Gasteiger partial charge in [-0.15, -0.1) is 6.42 Å². The van der Waals surface area contributed by atoms with Gasteiger partial charge in [-0.1, -0.05) is 12.8 Å². The molecule has 0 aromatic carbocycles. The molecule has 2 nitrogen and oxygen atoms in total. The van der Waals surface area contributed by atoms with Crippen LogP contribution in [-0.4, -0.2) is 36.6 Å². The van der Waals surface area contributed by atoms with E-state index in [-0.39, 0.29) is 5.54 Å². The van der Waals surface area contributed by atoms with Crippen LogP contribution in [0.1, 0.15) is 27.2 Å². The fraction of sp³-hybridized carbons (Fsp3) is 0.833. The first-order valence-corrected chi connectivity index (χ1v) is 5.41. The summed E-state index contributed by atoms with van der Waals surface area (Å²) in [6.07, 6.45) is 6.74. The molecule has 1 heterocycles. The molecule has 0 aromatic rings. The van der Waals surface area contributed by atoms with Gasteiger partial charge in [0.1, 0.15) is 0 Å². The minimum Gasteiger partial charge on any atom is -0.317 e. The second-order valence-electron chi connectivity index (χ2n) is 4.81. The largest absolute Gasteiger partial charge is 0.317 e. The summed E-state index contributed by atoms with van der Waals surface area (Å²) in [5.41, 5.74) is -0.0903. The van der Waals surface area contributed by atoms with Gasteiger partial charge in [-0.3, -0.25) is 4.90 Å². The maximum Gasteiger partial charge on any atom is 0.0766 e. The molecule has 1 aliphatic rings. The summed E-state index contributed by atoms with van der Waals surface area (Å²) in [4.78, 5) is 2.41. The van der Waals surface area contributed by atoms with E-state index in [1.54, 1.807) is 0 Å². The second-order valence-corrected chi connectivity index (χ2v) is 4.81. The highest BCUT2D eigenvalue weighted by Crippen LogP contribution is 2.23. The van der Waals surface area contributed by atoms with Gasteiger partial charge >= 0.3 is 0 Å². The Balaban J connectivity index is 2.60. The fourth-order valence-corrected chi connectivity index (χ4v) is 2.17. The minimum atomic E-state index is -0.0903. The zero-order chi connectivity index (χ0) is 10.8. The van der Waals surface area contributed by atoms with Crippen molar-refractivity contribution in [2.24, 2.45) is 5.92 Å². The molecule has 2 heteroatoms. The Morgan fingerprint density at radius 3 is 2.57 bits per heavy atom. The van der Waals surface area contributed by atoms with Crippen LogP contribution < -0.4 is 5.32 Å². The van der Waals surface area contributed by atoms with Crippen LogP contribution in [0.4, 0.5) is 0 Å². The zero-order valence-corrected chi connectivity index (χ0v) is 9.80. The zero-order valence-electron chi connectivity index (χ0n) is 9.80. The highest BCUT2D eigenvalue weighted by Gasteiger charge is 2.32. The molecular weight excluding hydrogens is 172 g/mol. The normalized spacial score (nSPS) is 29.9. The Bertz CT molecular complexity index is 227. The monoisotopic (exact) mass is 194 g/mol. The van der Waals surface area contributed by atoms with Crippen molar-refractivity contribution in [1.29, 1.82) is 0 Å². The van der Waals surface area contributed by atoms with E-state index in [1.807, 2.05) is 7.05 Å². The molecule has 14 heavy (non-hydrogen) atoms. The van der Waals surface area contributed by atoms with Crippen LogP contribution in [0.2, 0.25) is 0 Å². The van der Waals surface area contributed by atoms with Crippen molar-refractivity contribution < 1.29 is 0 Å². The second kappa shape index (κ2) is 4.33. The van der Waals surface area contributed by atoms with E-state index in [0.717, 1.165) is 13.1 Å². The van der Waals surface area contributed by atoms with E-state index in [1.165, 1.54) is 6.42 Å². The molecule has 0 amide bonds. The van der Waals surface area contributed by atoms with E-state index in [2.05, 4.69) is 36.9 Å². The molecule has 0 bridgehead atoms. The van der Waals surface area contributed by atoms with E-state index in [9.17, 15) is 0 Å². The van der Waals surface area contributed by atoms with Crippen LogP contribution in [0.3, 0.4) is 0 Å². The third-order valence-corrected chi connectivity index (χ3v) is 3.42. The van der Waals surface area contributed by atoms with Gasteiger partial charge in [-0.2, -0.15) is 0 Å². The fourth-order valence-electron chi connectivity index (χ4n) is 2.17. The van der Waals surface area contributed by atoms with Crippen LogP contribution in [-0.2, 0) is 0 Å². The molecule has 80 valence electrons. The number of piperidine rings is 1. The number of hydrogen-bond acceptors (Lipinski definition) is 2. The molecule has 0 radical (unpaired) electrons. The van der Waals surface area contributed by atoms with Crippen molar-refractivity contribution in [2.75, 3.05) is 20.1 Å². The number of terminal acetylenes is 1. The average molecular weight is 194 g/mol. The van der Waals surface area contributed by atoms with Gasteiger partial charge < -0.3 is 5.32 Å². The third-order valence-electron chi connectivity index (χ3n) is 3.42. The summed E-state index contributed by atoms with van der Waals surface area (Å²) < 4.78 is 0. The standard InChI is InChI=1S/C12H22N2/c1-6-12(3,4)14-8-7-11(13-5)10(2)9-14/h1,10-11,13H,7-9H2,2-5H3. The Hall–Kier alpha value is -0.520. The predicted molar refractivity (Wildman–Crippen MR) is 61.1 cm³/mol. The maximum absolute atomic E-state index is 5.54. The lowest BCUT2D eigenvalue weighted by atomic mass is 9.90. The van der Waals surface area contributed by atoms with Gasteiger partial charge in [0.15, 0.2) is 0 Å². The molecule has 0 spiro atoms. The van der Waals surface area contributed by atoms with Crippen LogP contribution in [0, 0.1) is 18.3 Å². The Labute approximate surface area is 88.1 Å². The summed E-state index contributed by atoms with van der Waals surface area (Å²) in [5.74, 6) is 3.55. The SMILES string of the molecule is C#CC(C)(C)N1CCC(NC)C(C)C1. The first-order valence-electron chi connectivity index (χ1n) is 5.41. The van der Waals surface area contributed by atoms with Crippen LogP contribution in [0.25, 0.3) is 0 Å². The van der Waals surface area contributed by atoms with E-state index in [4.69, 9.17) is 6.42 Å². The summed E-state index contributed by atoms with van der Waals surface area (Å²) >= 11 is 0. The van der Waals surface area contributed by atoms with Crippen molar-refractivity contribution in [1.82, 2.24) is 10.2 Å². The van der Waals surface area contributed by atoms with Crippen molar-refractivity contribution >= 4 is 0 Å². The molecule has 2 unspecified atom stereocenters. The number of likely N-dealkylation sites (tertiary alicyclic amines) is 1. The molecule has 1 aliphatic heterocycles. The third kappa shape index (κ3) is 2.29. The van der Waals surface area contributed by atoms with Crippen molar-refractivity contribution in [2.45, 2.75) is 38.8 Å². The first kappa shape index (κ1) is 11.6. The molecule has 1 rings (SSSR count). The molecule has 0 aromatic heterocycles. The van der Waals surface area contributed by atoms with Crippen molar-refractivity contribution in [3.05, 3.63) is 0 Å². The Morgan fingerprint density at radius 2 is 2.14 bits per heavy atom. The molecule has 2 atom stereocenters. The number of rotatable bonds is 2. The van der Waals surface area contributed by atoms with Crippen LogP contribution in [0.5, 0.6) is 0 Å². The topological polar surface area (TPSA) is 15.3 Å². The lowest BCUT2D eigenvalue weighted by Gasteiger charge is -2.43. The summed E-state index contributed by atoms with van der Waals surface area (Å²) in [6, 6.07) is 0.653. The highest BCUT2D eigenvalue weighted by atomic mass is 15.2. The first-order chi connectivity index (χ1) is 6.51. The number of hydrogen-bond donors (Lipinski definition) is 1. The molecule has 0 saturated carbocycles. The Kier molecular flexibility index (Phi) is 3.58. The summed E-state index contributed by atoms with van der Waals surface area (Å²) in [7, 11) is 2.04. The maximum atomic E-state index is 5.54. The van der Waals surface area contributed by atoms with E-state index < -0.39 is 0 Å². The summed E-state index contributed by atoms with van der Waals surface area (Å²) in [6.45, 7) is 8.74. The molecule has 1 saturated heterocycles. The number of nitrogens with zero attached hydrogens (tertiary/aromatic N) is 1.